The maximum atomic E-state index is 13.7. The highest BCUT2D eigenvalue weighted by Crippen LogP contribution is 2.33. The van der Waals surface area contributed by atoms with Crippen molar-refractivity contribution < 1.29 is 4.39 Å². The third-order valence-electron chi connectivity index (χ3n) is 2.35. The van der Waals surface area contributed by atoms with Crippen LogP contribution in [0.15, 0.2) is 30.3 Å². The van der Waals surface area contributed by atoms with Gasteiger partial charge in [0, 0.05) is 16.5 Å². The SMILES string of the molecule is CC(N)c1ccc(F)c(-c2ccc(Cl)s2)c1. The van der Waals surface area contributed by atoms with Crippen molar-refractivity contribution >= 4 is 22.9 Å². The summed E-state index contributed by atoms with van der Waals surface area (Å²) in [5, 5.41) is 0. The number of thiophene rings is 1. The van der Waals surface area contributed by atoms with Crippen molar-refractivity contribution in [1.82, 2.24) is 0 Å². The van der Waals surface area contributed by atoms with Crippen LogP contribution >= 0.6 is 22.9 Å². The zero-order valence-electron chi connectivity index (χ0n) is 8.71. The molecule has 0 bridgehead atoms. The highest BCUT2D eigenvalue weighted by molar-refractivity contribution is 7.19. The lowest BCUT2D eigenvalue weighted by atomic mass is 10.0. The molecule has 2 N–H and O–H groups in total. The molecule has 16 heavy (non-hydrogen) atoms. The van der Waals surface area contributed by atoms with Gasteiger partial charge in [-0.2, -0.15) is 0 Å². The maximum absolute atomic E-state index is 13.7. The lowest BCUT2D eigenvalue weighted by Crippen LogP contribution is -2.05. The minimum atomic E-state index is -0.247. The molecule has 4 heteroatoms. The topological polar surface area (TPSA) is 26.0 Å². The Morgan fingerprint density at radius 2 is 2.06 bits per heavy atom. The molecule has 1 aromatic carbocycles. The summed E-state index contributed by atoms with van der Waals surface area (Å²) in [6, 6.07) is 8.41. The van der Waals surface area contributed by atoms with E-state index in [1.54, 1.807) is 18.2 Å². The average Bonchev–Trinajstić information content (AvgIpc) is 2.65. The fourth-order valence-electron chi connectivity index (χ4n) is 1.47. The largest absolute Gasteiger partial charge is 0.324 e. The van der Waals surface area contributed by atoms with E-state index in [2.05, 4.69) is 0 Å². The summed E-state index contributed by atoms with van der Waals surface area (Å²) in [6.07, 6.45) is 0. The van der Waals surface area contributed by atoms with E-state index in [1.807, 2.05) is 13.0 Å². The van der Waals surface area contributed by atoms with Crippen molar-refractivity contribution in [3.8, 4) is 10.4 Å². The molecule has 2 aromatic rings. The van der Waals surface area contributed by atoms with Crippen LogP contribution in [0, 0.1) is 5.82 Å². The fourth-order valence-corrected chi connectivity index (χ4v) is 2.53. The minimum absolute atomic E-state index is 0.102. The standard InChI is InChI=1S/C12H11ClFNS/c1-7(15)8-2-3-10(14)9(6-8)11-4-5-12(13)16-11/h2-7H,15H2,1H3. The molecule has 0 amide bonds. The van der Waals surface area contributed by atoms with Crippen molar-refractivity contribution in [2.24, 2.45) is 5.73 Å². The predicted molar refractivity (Wildman–Crippen MR) is 67.3 cm³/mol. The Bertz CT molecular complexity index is 507. The Morgan fingerprint density at radius 3 is 2.62 bits per heavy atom. The van der Waals surface area contributed by atoms with E-state index >= 15 is 0 Å². The van der Waals surface area contributed by atoms with Gasteiger partial charge in [-0.15, -0.1) is 11.3 Å². The second-order valence-corrected chi connectivity index (χ2v) is 5.35. The van der Waals surface area contributed by atoms with E-state index in [4.69, 9.17) is 17.3 Å². The molecule has 2 rings (SSSR count). The first kappa shape index (κ1) is 11.6. The summed E-state index contributed by atoms with van der Waals surface area (Å²) < 4.78 is 14.3. The second kappa shape index (κ2) is 4.53. The molecule has 0 saturated carbocycles. The highest BCUT2D eigenvalue weighted by Gasteiger charge is 2.10. The van der Waals surface area contributed by atoms with Crippen LogP contribution in [0.3, 0.4) is 0 Å². The summed E-state index contributed by atoms with van der Waals surface area (Å²) in [6.45, 7) is 1.87. The Balaban J connectivity index is 2.51. The molecule has 1 atom stereocenters. The zero-order chi connectivity index (χ0) is 11.7. The first-order valence-electron chi connectivity index (χ1n) is 4.88. The molecule has 84 valence electrons. The molecule has 1 heterocycles. The summed E-state index contributed by atoms with van der Waals surface area (Å²) in [5.74, 6) is -0.247. The fraction of sp³-hybridized carbons (Fsp3) is 0.167. The zero-order valence-corrected chi connectivity index (χ0v) is 10.3. The van der Waals surface area contributed by atoms with Gasteiger partial charge in [0.15, 0.2) is 0 Å². The number of rotatable bonds is 2. The number of halogens is 2. The first-order valence-corrected chi connectivity index (χ1v) is 6.08. The third kappa shape index (κ3) is 2.26. The summed E-state index contributed by atoms with van der Waals surface area (Å²) in [5.41, 5.74) is 7.25. The number of hydrogen-bond donors (Lipinski definition) is 1. The van der Waals surface area contributed by atoms with Crippen molar-refractivity contribution in [3.63, 3.8) is 0 Å². The van der Waals surface area contributed by atoms with Crippen LogP contribution in [0.2, 0.25) is 4.34 Å². The summed E-state index contributed by atoms with van der Waals surface area (Å²) in [4.78, 5) is 0.824. The van der Waals surface area contributed by atoms with Gasteiger partial charge in [0.1, 0.15) is 5.82 Å². The van der Waals surface area contributed by atoms with Crippen LogP contribution in [0.5, 0.6) is 0 Å². The molecular formula is C12H11ClFNS. The molecule has 0 spiro atoms. The van der Waals surface area contributed by atoms with Crippen molar-refractivity contribution in [3.05, 3.63) is 46.0 Å². The van der Waals surface area contributed by atoms with E-state index in [1.165, 1.54) is 17.4 Å². The smallest absolute Gasteiger partial charge is 0.131 e. The summed E-state index contributed by atoms with van der Waals surface area (Å²) >= 11 is 7.20. The lowest BCUT2D eigenvalue weighted by Gasteiger charge is -2.08. The average molecular weight is 256 g/mol. The van der Waals surface area contributed by atoms with Gasteiger partial charge < -0.3 is 5.73 Å². The Kier molecular flexibility index (Phi) is 3.28. The number of hydrogen-bond acceptors (Lipinski definition) is 2. The van der Waals surface area contributed by atoms with E-state index < -0.39 is 0 Å². The summed E-state index contributed by atoms with van der Waals surface area (Å²) in [7, 11) is 0. The Hall–Kier alpha value is -0.900. The normalized spacial score (nSPS) is 12.8. The van der Waals surface area contributed by atoms with Gasteiger partial charge in [-0.25, -0.2) is 4.39 Å². The van der Waals surface area contributed by atoms with Crippen molar-refractivity contribution in [2.75, 3.05) is 0 Å². The highest BCUT2D eigenvalue weighted by atomic mass is 35.5. The maximum Gasteiger partial charge on any atom is 0.131 e. The van der Waals surface area contributed by atoms with Crippen LogP contribution in [-0.2, 0) is 0 Å². The molecule has 0 aliphatic heterocycles. The molecule has 0 saturated heterocycles. The van der Waals surface area contributed by atoms with E-state index in [-0.39, 0.29) is 11.9 Å². The quantitative estimate of drug-likeness (QED) is 0.854. The molecule has 1 unspecified atom stereocenters. The monoisotopic (exact) mass is 255 g/mol. The first-order chi connectivity index (χ1) is 7.58. The minimum Gasteiger partial charge on any atom is -0.324 e. The van der Waals surface area contributed by atoms with Gasteiger partial charge in [-0.3, -0.25) is 0 Å². The molecular weight excluding hydrogens is 245 g/mol. The number of nitrogens with two attached hydrogens (primary N) is 1. The van der Waals surface area contributed by atoms with Gasteiger partial charge >= 0.3 is 0 Å². The van der Waals surface area contributed by atoms with E-state index in [9.17, 15) is 4.39 Å². The third-order valence-corrected chi connectivity index (χ3v) is 3.62. The van der Waals surface area contributed by atoms with Crippen LogP contribution < -0.4 is 5.73 Å². The molecule has 1 aromatic heterocycles. The van der Waals surface area contributed by atoms with Gasteiger partial charge in [0.05, 0.1) is 4.34 Å². The van der Waals surface area contributed by atoms with Crippen LogP contribution in [0.25, 0.3) is 10.4 Å². The molecule has 0 radical (unpaired) electrons. The van der Waals surface area contributed by atoms with Crippen LogP contribution in [-0.4, -0.2) is 0 Å². The molecule has 0 aliphatic carbocycles. The predicted octanol–water partition coefficient (Wildman–Crippen LogP) is 4.23. The molecule has 1 nitrogen and oxygen atoms in total. The number of benzene rings is 1. The molecule has 0 aliphatic rings. The Morgan fingerprint density at radius 1 is 1.31 bits per heavy atom. The van der Waals surface area contributed by atoms with Crippen molar-refractivity contribution in [2.45, 2.75) is 13.0 Å². The van der Waals surface area contributed by atoms with E-state index in [0.29, 0.717) is 9.90 Å². The lowest BCUT2D eigenvalue weighted by molar-refractivity contribution is 0.630. The van der Waals surface area contributed by atoms with Crippen molar-refractivity contribution in [1.29, 1.82) is 0 Å². The second-order valence-electron chi connectivity index (χ2n) is 3.63. The molecule has 0 fully saturated rings. The van der Waals surface area contributed by atoms with Crippen LogP contribution in [0.4, 0.5) is 4.39 Å². The van der Waals surface area contributed by atoms with Crippen LogP contribution in [0.1, 0.15) is 18.5 Å². The van der Waals surface area contributed by atoms with Gasteiger partial charge in [-0.05, 0) is 36.8 Å². The Labute approximate surface area is 103 Å². The van der Waals surface area contributed by atoms with Gasteiger partial charge in [-0.1, -0.05) is 17.7 Å². The van der Waals surface area contributed by atoms with Gasteiger partial charge in [0.2, 0.25) is 0 Å². The van der Waals surface area contributed by atoms with E-state index in [0.717, 1.165) is 10.4 Å². The van der Waals surface area contributed by atoms with Gasteiger partial charge in [0.25, 0.3) is 0 Å².